The van der Waals surface area contributed by atoms with Gasteiger partial charge in [-0.05, 0) is 59.4 Å². The van der Waals surface area contributed by atoms with Crippen LogP contribution < -0.4 is 5.73 Å². The lowest BCUT2D eigenvalue weighted by molar-refractivity contribution is 0.255. The molecule has 1 saturated heterocycles. The van der Waals surface area contributed by atoms with Gasteiger partial charge in [-0.2, -0.15) is 0 Å². The van der Waals surface area contributed by atoms with Crippen molar-refractivity contribution in [1.82, 2.24) is 4.90 Å². The normalized spacial score (nSPS) is 25.4. The van der Waals surface area contributed by atoms with Crippen LogP contribution in [-0.4, -0.2) is 24.0 Å². The Kier molecular flexibility index (Phi) is 4.17. The maximum absolute atomic E-state index is 13.4. The summed E-state index contributed by atoms with van der Waals surface area (Å²) in [7, 11) is 0. The zero-order valence-electron chi connectivity index (χ0n) is 10.00. The minimum absolute atomic E-state index is 0.190. The molecule has 0 spiro atoms. The van der Waals surface area contributed by atoms with Crippen molar-refractivity contribution >= 4 is 15.9 Å². The van der Waals surface area contributed by atoms with E-state index in [1.54, 1.807) is 12.1 Å². The SMILES string of the molecule is CC1CC(CN)CN1Cc1ccc(Br)c(F)c1. The molecule has 0 amide bonds. The predicted octanol–water partition coefficient (Wildman–Crippen LogP) is 2.76. The van der Waals surface area contributed by atoms with Crippen LogP contribution in [-0.2, 0) is 6.54 Å². The highest BCUT2D eigenvalue weighted by Gasteiger charge is 2.27. The Hall–Kier alpha value is -0.450. The Morgan fingerprint density at radius 2 is 2.29 bits per heavy atom. The molecule has 2 atom stereocenters. The summed E-state index contributed by atoms with van der Waals surface area (Å²) >= 11 is 3.17. The van der Waals surface area contributed by atoms with Crippen LogP contribution in [0.1, 0.15) is 18.9 Å². The van der Waals surface area contributed by atoms with Crippen LogP contribution in [0.2, 0.25) is 0 Å². The second kappa shape index (κ2) is 5.46. The molecule has 2 nitrogen and oxygen atoms in total. The molecule has 1 aliphatic rings. The molecule has 2 rings (SSSR count). The maximum atomic E-state index is 13.4. The molecule has 0 aromatic heterocycles. The van der Waals surface area contributed by atoms with Crippen LogP contribution in [0.3, 0.4) is 0 Å². The van der Waals surface area contributed by atoms with Crippen LogP contribution in [0.5, 0.6) is 0 Å². The van der Waals surface area contributed by atoms with Crippen molar-refractivity contribution in [3.05, 3.63) is 34.1 Å². The highest BCUT2D eigenvalue weighted by Crippen LogP contribution is 2.25. The lowest BCUT2D eigenvalue weighted by Crippen LogP contribution is -2.27. The van der Waals surface area contributed by atoms with Gasteiger partial charge in [0.1, 0.15) is 5.82 Å². The quantitative estimate of drug-likeness (QED) is 0.930. The van der Waals surface area contributed by atoms with Gasteiger partial charge < -0.3 is 5.73 Å². The Bertz CT molecular complexity index is 397. The number of nitrogens with two attached hydrogens (primary N) is 1. The second-order valence-electron chi connectivity index (χ2n) is 4.86. The largest absolute Gasteiger partial charge is 0.330 e. The third-order valence-electron chi connectivity index (χ3n) is 3.49. The average Bonchev–Trinajstić information content (AvgIpc) is 2.65. The van der Waals surface area contributed by atoms with Crippen molar-refractivity contribution in [2.24, 2.45) is 11.7 Å². The molecule has 4 heteroatoms. The molecule has 1 aromatic carbocycles. The van der Waals surface area contributed by atoms with Crippen LogP contribution >= 0.6 is 15.9 Å². The van der Waals surface area contributed by atoms with Gasteiger partial charge in [-0.25, -0.2) is 4.39 Å². The summed E-state index contributed by atoms with van der Waals surface area (Å²) in [6.07, 6.45) is 1.15. The first kappa shape index (κ1) is 13.0. The van der Waals surface area contributed by atoms with E-state index in [2.05, 4.69) is 27.8 Å². The molecule has 94 valence electrons. The standard InChI is InChI=1S/C13H18BrFN2/c1-9-4-11(6-16)8-17(9)7-10-2-3-12(14)13(15)5-10/h2-3,5,9,11H,4,6-8,16H2,1H3. The van der Waals surface area contributed by atoms with Gasteiger partial charge in [0, 0.05) is 19.1 Å². The van der Waals surface area contributed by atoms with E-state index >= 15 is 0 Å². The molecular formula is C13H18BrFN2. The lowest BCUT2D eigenvalue weighted by Gasteiger charge is -2.21. The Morgan fingerprint density at radius 3 is 2.88 bits per heavy atom. The fraction of sp³-hybridized carbons (Fsp3) is 0.538. The molecule has 17 heavy (non-hydrogen) atoms. The molecule has 0 radical (unpaired) electrons. The van der Waals surface area contributed by atoms with E-state index in [1.165, 1.54) is 0 Å². The molecular weight excluding hydrogens is 283 g/mol. The third kappa shape index (κ3) is 3.06. The van der Waals surface area contributed by atoms with Crippen LogP contribution in [0.25, 0.3) is 0 Å². The van der Waals surface area contributed by atoms with Crippen molar-refractivity contribution in [2.45, 2.75) is 25.9 Å². The summed E-state index contributed by atoms with van der Waals surface area (Å²) in [6, 6.07) is 5.88. The molecule has 1 heterocycles. The highest BCUT2D eigenvalue weighted by atomic mass is 79.9. The molecule has 0 aliphatic carbocycles. The van der Waals surface area contributed by atoms with Crippen LogP contribution in [0.4, 0.5) is 4.39 Å². The van der Waals surface area contributed by atoms with Gasteiger partial charge in [0.05, 0.1) is 4.47 Å². The van der Waals surface area contributed by atoms with E-state index in [9.17, 15) is 4.39 Å². The summed E-state index contributed by atoms with van der Waals surface area (Å²) < 4.78 is 13.9. The summed E-state index contributed by atoms with van der Waals surface area (Å²) in [5, 5.41) is 0. The average molecular weight is 301 g/mol. The maximum Gasteiger partial charge on any atom is 0.137 e. The van der Waals surface area contributed by atoms with Crippen molar-refractivity contribution in [3.8, 4) is 0 Å². The van der Waals surface area contributed by atoms with Crippen molar-refractivity contribution in [2.75, 3.05) is 13.1 Å². The fourth-order valence-electron chi connectivity index (χ4n) is 2.48. The van der Waals surface area contributed by atoms with Crippen LogP contribution in [0.15, 0.2) is 22.7 Å². The zero-order chi connectivity index (χ0) is 12.4. The first-order valence-electron chi connectivity index (χ1n) is 5.98. The fourth-order valence-corrected chi connectivity index (χ4v) is 2.73. The van der Waals surface area contributed by atoms with E-state index in [0.29, 0.717) is 16.4 Å². The van der Waals surface area contributed by atoms with Gasteiger partial charge in [-0.1, -0.05) is 6.07 Å². The second-order valence-corrected chi connectivity index (χ2v) is 5.72. The summed E-state index contributed by atoms with van der Waals surface area (Å²) in [5.74, 6) is 0.398. The topological polar surface area (TPSA) is 29.3 Å². The van der Waals surface area contributed by atoms with Crippen molar-refractivity contribution < 1.29 is 4.39 Å². The minimum Gasteiger partial charge on any atom is -0.330 e. The molecule has 1 aromatic rings. The summed E-state index contributed by atoms with van der Waals surface area (Å²) in [5.41, 5.74) is 6.73. The van der Waals surface area contributed by atoms with Gasteiger partial charge in [0.2, 0.25) is 0 Å². The number of likely N-dealkylation sites (tertiary alicyclic amines) is 1. The van der Waals surface area contributed by atoms with E-state index < -0.39 is 0 Å². The zero-order valence-corrected chi connectivity index (χ0v) is 11.6. The number of halogens is 2. The molecule has 2 N–H and O–H groups in total. The van der Waals surface area contributed by atoms with Gasteiger partial charge in [-0.3, -0.25) is 4.90 Å². The van der Waals surface area contributed by atoms with Crippen LogP contribution in [0, 0.1) is 11.7 Å². The van der Waals surface area contributed by atoms with Gasteiger partial charge in [-0.15, -0.1) is 0 Å². The first-order chi connectivity index (χ1) is 8.10. The van der Waals surface area contributed by atoms with Gasteiger partial charge in [0.25, 0.3) is 0 Å². The highest BCUT2D eigenvalue weighted by molar-refractivity contribution is 9.10. The lowest BCUT2D eigenvalue weighted by atomic mass is 10.1. The Morgan fingerprint density at radius 1 is 1.53 bits per heavy atom. The monoisotopic (exact) mass is 300 g/mol. The van der Waals surface area contributed by atoms with E-state index in [0.717, 1.165) is 31.6 Å². The van der Waals surface area contributed by atoms with Crippen molar-refractivity contribution in [1.29, 1.82) is 0 Å². The van der Waals surface area contributed by atoms with E-state index in [4.69, 9.17) is 5.73 Å². The molecule has 0 saturated carbocycles. The van der Waals surface area contributed by atoms with E-state index in [1.807, 2.05) is 6.07 Å². The summed E-state index contributed by atoms with van der Waals surface area (Å²) in [4.78, 5) is 2.38. The number of rotatable bonds is 3. The molecule has 0 bridgehead atoms. The number of hydrogen-bond donors (Lipinski definition) is 1. The third-order valence-corrected chi connectivity index (χ3v) is 4.14. The van der Waals surface area contributed by atoms with Crippen molar-refractivity contribution in [3.63, 3.8) is 0 Å². The number of hydrogen-bond acceptors (Lipinski definition) is 2. The number of benzene rings is 1. The Balaban J connectivity index is 2.03. The van der Waals surface area contributed by atoms with E-state index in [-0.39, 0.29) is 5.82 Å². The molecule has 1 fully saturated rings. The van der Waals surface area contributed by atoms with Gasteiger partial charge >= 0.3 is 0 Å². The smallest absolute Gasteiger partial charge is 0.137 e. The number of nitrogens with zero attached hydrogens (tertiary/aromatic N) is 1. The summed E-state index contributed by atoms with van der Waals surface area (Å²) in [6.45, 7) is 4.79. The minimum atomic E-state index is -0.190. The molecule has 1 aliphatic heterocycles. The Labute approximate surface area is 110 Å². The molecule has 2 unspecified atom stereocenters. The van der Waals surface area contributed by atoms with Gasteiger partial charge in [0.15, 0.2) is 0 Å². The predicted molar refractivity (Wildman–Crippen MR) is 71.1 cm³/mol. The first-order valence-corrected chi connectivity index (χ1v) is 6.77.